The average Bonchev–Trinajstić information content (AvgIpc) is 2.84. The molecule has 2 aromatic rings. The van der Waals surface area contributed by atoms with Crippen LogP contribution in [0.15, 0.2) is 40.2 Å². The van der Waals surface area contributed by atoms with Gasteiger partial charge in [0, 0.05) is 16.9 Å². The number of carbonyl (C=O) groups excluding carboxylic acids is 1. The van der Waals surface area contributed by atoms with Crippen molar-refractivity contribution in [1.82, 2.24) is 4.90 Å². The number of amides is 1. The summed E-state index contributed by atoms with van der Waals surface area (Å²) < 4.78 is 1.10. The first-order chi connectivity index (χ1) is 10.5. The SMILES string of the molecule is CN(Cc1ccc(Br)s1)C(=O)C1(c2ccc(Cl)cc2)CCC1. The molecular formula is C17H17BrClNOS. The molecule has 1 aliphatic carbocycles. The molecule has 22 heavy (non-hydrogen) atoms. The summed E-state index contributed by atoms with van der Waals surface area (Å²) in [5.41, 5.74) is 0.737. The van der Waals surface area contributed by atoms with E-state index in [-0.39, 0.29) is 11.3 Å². The van der Waals surface area contributed by atoms with E-state index in [0.29, 0.717) is 11.6 Å². The highest BCUT2D eigenvalue weighted by Crippen LogP contribution is 2.45. The van der Waals surface area contributed by atoms with Crippen molar-refractivity contribution in [1.29, 1.82) is 0 Å². The van der Waals surface area contributed by atoms with E-state index >= 15 is 0 Å². The highest BCUT2D eigenvalue weighted by Gasteiger charge is 2.46. The molecule has 116 valence electrons. The Hall–Kier alpha value is -0.840. The van der Waals surface area contributed by atoms with Gasteiger partial charge in [-0.05, 0) is 58.6 Å². The van der Waals surface area contributed by atoms with Crippen molar-refractivity contribution in [2.45, 2.75) is 31.2 Å². The lowest BCUT2D eigenvalue weighted by Gasteiger charge is -2.43. The summed E-state index contributed by atoms with van der Waals surface area (Å²) in [6.07, 6.45) is 2.95. The maximum absolute atomic E-state index is 13.0. The van der Waals surface area contributed by atoms with Gasteiger partial charge in [-0.3, -0.25) is 4.79 Å². The van der Waals surface area contributed by atoms with Crippen LogP contribution in [0.5, 0.6) is 0 Å². The normalized spacial score (nSPS) is 16.1. The first-order valence-corrected chi connectivity index (χ1v) is 9.26. The van der Waals surface area contributed by atoms with E-state index in [1.165, 1.54) is 4.88 Å². The van der Waals surface area contributed by atoms with Gasteiger partial charge in [-0.2, -0.15) is 0 Å². The van der Waals surface area contributed by atoms with E-state index in [9.17, 15) is 4.79 Å². The molecule has 0 aliphatic heterocycles. The number of likely N-dealkylation sites (N-methyl/N-ethyl adjacent to an activating group) is 1. The topological polar surface area (TPSA) is 20.3 Å². The second kappa shape index (κ2) is 6.34. The molecule has 3 rings (SSSR count). The van der Waals surface area contributed by atoms with E-state index in [1.807, 2.05) is 42.3 Å². The third kappa shape index (κ3) is 2.97. The van der Waals surface area contributed by atoms with E-state index in [2.05, 4.69) is 22.0 Å². The summed E-state index contributed by atoms with van der Waals surface area (Å²) in [6, 6.07) is 11.8. The van der Waals surface area contributed by atoms with Crippen LogP contribution >= 0.6 is 38.9 Å². The number of benzene rings is 1. The van der Waals surface area contributed by atoms with Gasteiger partial charge in [0.1, 0.15) is 0 Å². The second-order valence-corrected chi connectivity index (χ2v) is 8.79. The minimum atomic E-state index is -0.353. The fraction of sp³-hybridized carbons (Fsp3) is 0.353. The molecule has 1 aromatic carbocycles. The summed E-state index contributed by atoms with van der Waals surface area (Å²) in [4.78, 5) is 16.1. The molecule has 0 bridgehead atoms. The van der Waals surface area contributed by atoms with Crippen LogP contribution in [0.3, 0.4) is 0 Å². The molecule has 0 unspecified atom stereocenters. The molecule has 1 fully saturated rings. The zero-order valence-electron chi connectivity index (χ0n) is 12.3. The van der Waals surface area contributed by atoms with Crippen LogP contribution in [0.4, 0.5) is 0 Å². The summed E-state index contributed by atoms with van der Waals surface area (Å²) in [5, 5.41) is 0.711. The number of hydrogen-bond acceptors (Lipinski definition) is 2. The number of carbonyl (C=O) groups is 1. The third-order valence-electron chi connectivity index (χ3n) is 4.38. The van der Waals surface area contributed by atoms with Gasteiger partial charge in [0.05, 0.1) is 15.7 Å². The van der Waals surface area contributed by atoms with Crippen molar-refractivity contribution >= 4 is 44.8 Å². The summed E-state index contributed by atoms with van der Waals surface area (Å²) in [7, 11) is 1.89. The lowest BCUT2D eigenvalue weighted by molar-refractivity contribution is -0.140. The fourth-order valence-corrected chi connectivity index (χ4v) is 4.70. The minimum Gasteiger partial charge on any atom is -0.340 e. The van der Waals surface area contributed by atoms with Crippen LogP contribution in [0, 0.1) is 0 Å². The number of thiophene rings is 1. The van der Waals surface area contributed by atoms with Crippen LogP contribution in [0.2, 0.25) is 5.02 Å². The van der Waals surface area contributed by atoms with Gasteiger partial charge in [-0.25, -0.2) is 0 Å². The quantitative estimate of drug-likeness (QED) is 0.689. The summed E-state index contributed by atoms with van der Waals surface area (Å²) in [5.74, 6) is 0.214. The Bertz CT molecular complexity index is 678. The maximum atomic E-state index is 13.0. The molecule has 1 aliphatic rings. The second-order valence-electron chi connectivity index (χ2n) is 5.81. The molecule has 1 saturated carbocycles. The van der Waals surface area contributed by atoms with Crippen LogP contribution in [0.1, 0.15) is 29.7 Å². The Balaban J connectivity index is 1.80. The molecule has 5 heteroatoms. The molecule has 2 nitrogen and oxygen atoms in total. The Morgan fingerprint density at radius 3 is 2.45 bits per heavy atom. The lowest BCUT2D eigenvalue weighted by atomic mass is 9.63. The van der Waals surface area contributed by atoms with Crippen LogP contribution in [-0.2, 0) is 16.8 Å². The van der Waals surface area contributed by atoms with Gasteiger partial charge < -0.3 is 4.90 Å². The van der Waals surface area contributed by atoms with E-state index in [1.54, 1.807) is 11.3 Å². The minimum absolute atomic E-state index is 0.214. The molecule has 1 heterocycles. The van der Waals surface area contributed by atoms with Crippen molar-refractivity contribution in [2.75, 3.05) is 7.05 Å². The van der Waals surface area contributed by atoms with Crippen molar-refractivity contribution in [2.24, 2.45) is 0 Å². The molecule has 0 spiro atoms. The maximum Gasteiger partial charge on any atom is 0.233 e. The predicted molar refractivity (Wildman–Crippen MR) is 95.5 cm³/mol. The van der Waals surface area contributed by atoms with Gasteiger partial charge in [-0.15, -0.1) is 11.3 Å². The molecule has 1 amide bonds. The molecule has 0 N–H and O–H groups in total. The Morgan fingerprint density at radius 2 is 1.95 bits per heavy atom. The third-order valence-corrected chi connectivity index (χ3v) is 6.24. The van der Waals surface area contributed by atoms with E-state index in [0.717, 1.165) is 28.6 Å². The number of halogens is 2. The standard InChI is InChI=1S/C17H17BrClNOS/c1-20(11-14-7-8-15(18)22-14)16(21)17(9-2-10-17)12-3-5-13(19)6-4-12/h3-8H,2,9-11H2,1H3. The van der Waals surface area contributed by atoms with Gasteiger partial charge in [0.2, 0.25) is 5.91 Å². The van der Waals surface area contributed by atoms with Crippen LogP contribution in [0.25, 0.3) is 0 Å². The molecule has 1 aromatic heterocycles. The van der Waals surface area contributed by atoms with Crippen molar-refractivity contribution in [3.63, 3.8) is 0 Å². The number of hydrogen-bond donors (Lipinski definition) is 0. The van der Waals surface area contributed by atoms with Crippen molar-refractivity contribution in [3.05, 3.63) is 55.6 Å². The first-order valence-electron chi connectivity index (χ1n) is 7.27. The van der Waals surface area contributed by atoms with Gasteiger partial charge >= 0.3 is 0 Å². The Labute approximate surface area is 148 Å². The molecule has 0 atom stereocenters. The molecular weight excluding hydrogens is 382 g/mol. The van der Waals surface area contributed by atoms with Gasteiger partial charge in [0.15, 0.2) is 0 Å². The molecule has 0 radical (unpaired) electrons. The van der Waals surface area contributed by atoms with E-state index < -0.39 is 0 Å². The van der Waals surface area contributed by atoms with E-state index in [4.69, 9.17) is 11.6 Å². The summed E-state index contributed by atoms with van der Waals surface area (Å²) >= 11 is 11.1. The van der Waals surface area contributed by atoms with Crippen LogP contribution < -0.4 is 0 Å². The Morgan fingerprint density at radius 1 is 1.27 bits per heavy atom. The summed E-state index contributed by atoms with van der Waals surface area (Å²) in [6.45, 7) is 0.657. The highest BCUT2D eigenvalue weighted by atomic mass is 79.9. The van der Waals surface area contributed by atoms with Crippen molar-refractivity contribution in [3.8, 4) is 0 Å². The first kappa shape index (κ1) is 16.0. The number of nitrogens with zero attached hydrogens (tertiary/aromatic N) is 1. The lowest BCUT2D eigenvalue weighted by Crippen LogP contribution is -2.49. The van der Waals surface area contributed by atoms with Crippen molar-refractivity contribution < 1.29 is 4.79 Å². The zero-order chi connectivity index (χ0) is 15.7. The Kier molecular flexibility index (Phi) is 4.62. The largest absolute Gasteiger partial charge is 0.340 e. The van der Waals surface area contributed by atoms with Gasteiger partial charge in [0.25, 0.3) is 0 Å². The smallest absolute Gasteiger partial charge is 0.233 e. The average molecular weight is 399 g/mol. The van der Waals surface area contributed by atoms with Crippen LogP contribution in [-0.4, -0.2) is 17.9 Å². The van der Waals surface area contributed by atoms with Gasteiger partial charge in [-0.1, -0.05) is 30.2 Å². The molecule has 0 saturated heterocycles. The fourth-order valence-electron chi connectivity index (χ4n) is 3.03. The number of rotatable bonds is 4. The monoisotopic (exact) mass is 397 g/mol. The predicted octanol–water partition coefficient (Wildman–Crippen LogP) is 5.24. The zero-order valence-corrected chi connectivity index (χ0v) is 15.5. The highest BCUT2D eigenvalue weighted by molar-refractivity contribution is 9.11.